The third-order valence-electron chi connectivity index (χ3n) is 2.40. The van der Waals surface area contributed by atoms with E-state index in [1.165, 1.54) is 13.0 Å². The third-order valence-corrected chi connectivity index (χ3v) is 3.06. The molecule has 0 aromatic carbocycles. The highest BCUT2D eigenvalue weighted by atomic mass is 32.2. The molecule has 1 rings (SSSR count). The minimum atomic E-state index is -4.29. The molecule has 8 heteroatoms. The number of hydrogen-bond acceptors (Lipinski definition) is 5. The summed E-state index contributed by atoms with van der Waals surface area (Å²) in [6.07, 6.45) is 0. The predicted molar refractivity (Wildman–Crippen MR) is 66.0 cm³/mol. The normalized spacial score (nSPS) is 13.6. The number of aromatic hydroxyl groups is 1. The highest BCUT2D eigenvalue weighted by Crippen LogP contribution is 2.21. The Bertz CT molecular complexity index is 603. The van der Waals surface area contributed by atoms with Crippen molar-refractivity contribution in [3.8, 4) is 5.88 Å². The minimum Gasteiger partial charge on any atom is -0.494 e. The summed E-state index contributed by atoms with van der Waals surface area (Å²) in [5.41, 5.74) is 5.37. The van der Waals surface area contributed by atoms with E-state index in [1.54, 1.807) is 6.92 Å². The molecule has 0 aliphatic carbocycles. The van der Waals surface area contributed by atoms with Crippen LogP contribution in [0.3, 0.4) is 0 Å². The average molecular weight is 276 g/mol. The number of rotatable bonds is 4. The highest BCUT2D eigenvalue weighted by molar-refractivity contribution is 7.85. The summed E-state index contributed by atoms with van der Waals surface area (Å²) in [5.74, 6) is -1.22. The molecule has 1 aromatic rings. The minimum absolute atomic E-state index is 0.00208. The molecule has 0 radical (unpaired) electrons. The second-order valence-corrected chi connectivity index (χ2v) is 5.73. The first-order chi connectivity index (χ1) is 8.11. The van der Waals surface area contributed by atoms with E-state index in [-0.39, 0.29) is 18.2 Å². The molecule has 0 saturated carbocycles. The van der Waals surface area contributed by atoms with Crippen molar-refractivity contribution in [2.75, 3.05) is 0 Å². The summed E-state index contributed by atoms with van der Waals surface area (Å²) in [4.78, 5) is 11.6. The number of hydrogen-bond donors (Lipinski definition) is 3. The molecule has 0 amide bonds. The predicted octanol–water partition coefficient (Wildman–Crippen LogP) is -0.403. The first-order valence-electron chi connectivity index (χ1n) is 5.25. The van der Waals surface area contributed by atoms with E-state index in [0.29, 0.717) is 5.56 Å². The molecule has 0 saturated heterocycles. The van der Waals surface area contributed by atoms with Gasteiger partial charge in [-0.05, 0) is 19.4 Å². The van der Waals surface area contributed by atoms with Gasteiger partial charge in [-0.1, -0.05) is 0 Å². The average Bonchev–Trinajstić information content (AvgIpc) is 2.17. The molecule has 1 atom stereocenters. The Morgan fingerprint density at radius 1 is 1.50 bits per heavy atom. The van der Waals surface area contributed by atoms with Crippen LogP contribution in [-0.2, 0) is 22.4 Å². The maximum absolute atomic E-state index is 11.6. The topological polar surface area (TPSA) is 123 Å². The second-order valence-electron chi connectivity index (χ2n) is 4.28. The number of aryl methyl sites for hydroxylation is 1. The van der Waals surface area contributed by atoms with E-state index >= 15 is 0 Å². The van der Waals surface area contributed by atoms with Gasteiger partial charge in [0, 0.05) is 24.2 Å². The second kappa shape index (κ2) is 5.09. The van der Waals surface area contributed by atoms with Crippen molar-refractivity contribution in [1.29, 1.82) is 0 Å². The van der Waals surface area contributed by atoms with E-state index in [9.17, 15) is 18.3 Å². The summed E-state index contributed by atoms with van der Waals surface area (Å²) in [7, 11) is -4.29. The van der Waals surface area contributed by atoms with Crippen molar-refractivity contribution in [2.24, 2.45) is 5.73 Å². The Balaban J connectivity index is 3.40. The maximum Gasteiger partial charge on any atom is 0.269 e. The fourth-order valence-corrected chi connectivity index (χ4v) is 2.34. The molecule has 0 aliphatic rings. The van der Waals surface area contributed by atoms with Gasteiger partial charge in [-0.25, -0.2) is 0 Å². The van der Waals surface area contributed by atoms with Crippen molar-refractivity contribution in [1.82, 2.24) is 4.57 Å². The smallest absolute Gasteiger partial charge is 0.269 e. The molecule has 0 aliphatic heterocycles. The molecule has 7 nitrogen and oxygen atoms in total. The zero-order valence-electron chi connectivity index (χ0n) is 10.1. The van der Waals surface area contributed by atoms with Crippen LogP contribution in [0.4, 0.5) is 0 Å². The molecule has 0 fully saturated rings. The Hall–Kier alpha value is -1.38. The van der Waals surface area contributed by atoms with E-state index in [0.717, 1.165) is 4.57 Å². The zero-order chi connectivity index (χ0) is 14.1. The van der Waals surface area contributed by atoms with Crippen LogP contribution in [0.25, 0.3) is 0 Å². The van der Waals surface area contributed by atoms with E-state index in [2.05, 4.69) is 0 Å². The number of pyridine rings is 1. The lowest BCUT2D eigenvalue weighted by Gasteiger charge is -2.15. The van der Waals surface area contributed by atoms with Gasteiger partial charge in [-0.2, -0.15) is 8.42 Å². The lowest BCUT2D eigenvalue weighted by atomic mass is 10.1. The van der Waals surface area contributed by atoms with Gasteiger partial charge in [0.25, 0.3) is 15.7 Å². The van der Waals surface area contributed by atoms with Gasteiger partial charge in [0.05, 0.1) is 0 Å². The first kappa shape index (κ1) is 14.7. The molecular formula is C10H16N2O5S. The van der Waals surface area contributed by atoms with Crippen LogP contribution in [-0.4, -0.2) is 28.7 Å². The van der Waals surface area contributed by atoms with E-state index < -0.39 is 27.3 Å². The van der Waals surface area contributed by atoms with Gasteiger partial charge >= 0.3 is 0 Å². The number of nitrogens with zero attached hydrogens (tertiary/aromatic N) is 1. The first-order valence-corrected chi connectivity index (χ1v) is 6.85. The van der Waals surface area contributed by atoms with Crippen molar-refractivity contribution in [3.05, 3.63) is 27.5 Å². The maximum atomic E-state index is 11.6. The molecule has 1 heterocycles. The molecule has 1 aromatic heterocycles. The summed E-state index contributed by atoms with van der Waals surface area (Å²) in [5, 5.41) is 9.89. The molecule has 4 N–H and O–H groups in total. The quantitative estimate of drug-likeness (QED) is 0.643. The van der Waals surface area contributed by atoms with Crippen LogP contribution in [0, 0.1) is 6.92 Å². The van der Waals surface area contributed by atoms with Gasteiger partial charge in [-0.3, -0.25) is 13.9 Å². The molecule has 1 unspecified atom stereocenters. The van der Waals surface area contributed by atoms with Crippen LogP contribution < -0.4 is 11.3 Å². The summed E-state index contributed by atoms with van der Waals surface area (Å²) in [6, 6.07) is 0.817. The van der Waals surface area contributed by atoms with E-state index in [1.807, 2.05) is 0 Å². The van der Waals surface area contributed by atoms with Crippen molar-refractivity contribution in [2.45, 2.75) is 32.2 Å². The Morgan fingerprint density at radius 2 is 2.06 bits per heavy atom. The standard InChI is InChI=1S/C10H16N2O5S/c1-6-3-9(13)12(4-7(2)11)10(14)8(6)5-18(15,16)17/h3,7,14H,4-5,11H2,1-2H3,(H,15,16,17). The van der Waals surface area contributed by atoms with Crippen LogP contribution in [0.1, 0.15) is 18.1 Å². The molecule has 18 heavy (non-hydrogen) atoms. The zero-order valence-corrected chi connectivity index (χ0v) is 10.9. The SMILES string of the molecule is Cc1cc(=O)n(CC(C)N)c(O)c1CS(=O)(=O)O. The number of nitrogens with two attached hydrogens (primary N) is 1. The highest BCUT2D eigenvalue weighted by Gasteiger charge is 2.18. The van der Waals surface area contributed by atoms with Crippen LogP contribution in [0.15, 0.2) is 10.9 Å². The molecular weight excluding hydrogens is 260 g/mol. The fourth-order valence-electron chi connectivity index (χ4n) is 1.62. The van der Waals surface area contributed by atoms with Crippen molar-refractivity contribution < 1.29 is 18.1 Å². The Labute approximate surface area is 105 Å². The monoisotopic (exact) mass is 276 g/mol. The van der Waals surface area contributed by atoms with Gasteiger partial charge in [0.2, 0.25) is 0 Å². The fraction of sp³-hybridized carbons (Fsp3) is 0.500. The van der Waals surface area contributed by atoms with Crippen molar-refractivity contribution >= 4 is 10.1 Å². The van der Waals surface area contributed by atoms with Gasteiger partial charge < -0.3 is 10.8 Å². The summed E-state index contributed by atoms with van der Waals surface area (Å²) >= 11 is 0. The lowest BCUT2D eigenvalue weighted by Crippen LogP contribution is -2.30. The Kier molecular flexibility index (Phi) is 4.15. The number of aromatic nitrogens is 1. The van der Waals surface area contributed by atoms with Gasteiger partial charge in [0.15, 0.2) is 5.88 Å². The van der Waals surface area contributed by atoms with Crippen LogP contribution in [0.2, 0.25) is 0 Å². The third kappa shape index (κ3) is 3.56. The van der Waals surface area contributed by atoms with Crippen LogP contribution >= 0.6 is 0 Å². The van der Waals surface area contributed by atoms with Gasteiger partial charge in [-0.15, -0.1) is 0 Å². The van der Waals surface area contributed by atoms with Crippen LogP contribution in [0.5, 0.6) is 5.88 Å². The molecule has 0 spiro atoms. The largest absolute Gasteiger partial charge is 0.494 e. The van der Waals surface area contributed by atoms with Crippen molar-refractivity contribution in [3.63, 3.8) is 0 Å². The molecule has 0 bridgehead atoms. The lowest BCUT2D eigenvalue weighted by molar-refractivity contribution is 0.389. The molecule has 102 valence electrons. The Morgan fingerprint density at radius 3 is 2.50 bits per heavy atom. The van der Waals surface area contributed by atoms with Gasteiger partial charge in [0.1, 0.15) is 5.75 Å². The summed E-state index contributed by atoms with van der Waals surface area (Å²) in [6.45, 7) is 3.19. The van der Waals surface area contributed by atoms with E-state index in [4.69, 9.17) is 10.3 Å². The summed E-state index contributed by atoms with van der Waals surface area (Å²) < 4.78 is 31.5.